The molecule has 0 saturated heterocycles. The van der Waals surface area contributed by atoms with E-state index in [1.807, 2.05) is 0 Å². The lowest BCUT2D eigenvalue weighted by Gasteiger charge is -2.05. The van der Waals surface area contributed by atoms with E-state index in [2.05, 4.69) is 54.0 Å². The second-order valence-electron chi connectivity index (χ2n) is 6.54. The molecular formula is C19H40. The van der Waals surface area contributed by atoms with Gasteiger partial charge >= 0.3 is 0 Å². The molecule has 0 aliphatic heterocycles. The third-order valence-corrected chi connectivity index (χ3v) is 2.50. The molecule has 2 rings (SSSR count). The van der Waals surface area contributed by atoms with Gasteiger partial charge in [0.05, 0.1) is 0 Å². The Morgan fingerprint density at radius 1 is 0.421 bits per heavy atom. The highest BCUT2D eigenvalue weighted by molar-refractivity contribution is 4.51. The molecule has 0 aromatic carbocycles. The van der Waals surface area contributed by atoms with E-state index in [0.29, 0.717) is 5.41 Å². The van der Waals surface area contributed by atoms with E-state index >= 15 is 0 Å². The summed E-state index contributed by atoms with van der Waals surface area (Å²) in [6.07, 6.45) is 15.0. The lowest BCUT2D eigenvalue weighted by Crippen LogP contribution is -1.93. The van der Waals surface area contributed by atoms with Gasteiger partial charge in [-0.3, -0.25) is 0 Å². The van der Waals surface area contributed by atoms with E-state index in [-0.39, 0.29) is 0 Å². The van der Waals surface area contributed by atoms with E-state index < -0.39 is 0 Å². The first-order valence-corrected chi connectivity index (χ1v) is 8.00. The molecule has 19 heavy (non-hydrogen) atoms. The standard InChI is InChI=1S/2C5H10.C5H12.2C2H4/c2*1-2-4-5-3-1;1-5(2,3)4;2*1-2/h2*1-5H2;1-4H3;2*1-2H2. The van der Waals surface area contributed by atoms with Crippen molar-refractivity contribution >= 4 is 0 Å². The quantitative estimate of drug-likeness (QED) is 0.398. The first-order chi connectivity index (χ1) is 9.00. The molecule has 0 atom stereocenters. The summed E-state index contributed by atoms with van der Waals surface area (Å²) in [6.45, 7) is 20.8. The van der Waals surface area contributed by atoms with Crippen LogP contribution in [-0.2, 0) is 0 Å². The van der Waals surface area contributed by atoms with Gasteiger partial charge in [0, 0.05) is 0 Å². The second kappa shape index (κ2) is 19.8. The molecule has 0 amide bonds. The van der Waals surface area contributed by atoms with Crippen LogP contribution < -0.4 is 0 Å². The van der Waals surface area contributed by atoms with Crippen LogP contribution in [0.2, 0.25) is 0 Å². The first-order valence-electron chi connectivity index (χ1n) is 8.00. The van der Waals surface area contributed by atoms with E-state index in [1.165, 1.54) is 64.2 Å². The number of hydrogen-bond donors (Lipinski definition) is 0. The molecule has 0 bridgehead atoms. The highest BCUT2D eigenvalue weighted by Gasteiger charge is 1.96. The van der Waals surface area contributed by atoms with E-state index in [9.17, 15) is 0 Å². The minimum absolute atomic E-state index is 0.500. The van der Waals surface area contributed by atoms with E-state index in [4.69, 9.17) is 0 Å². The maximum absolute atomic E-state index is 3.00. The van der Waals surface area contributed by atoms with Crippen LogP contribution in [0.3, 0.4) is 0 Å². The van der Waals surface area contributed by atoms with Crippen LogP contribution in [0.25, 0.3) is 0 Å². The van der Waals surface area contributed by atoms with Gasteiger partial charge in [0.1, 0.15) is 0 Å². The minimum atomic E-state index is 0.500. The molecular weight excluding hydrogens is 228 g/mol. The van der Waals surface area contributed by atoms with Gasteiger partial charge in [-0.05, 0) is 5.41 Å². The van der Waals surface area contributed by atoms with Crippen LogP contribution in [0.15, 0.2) is 26.3 Å². The maximum Gasteiger partial charge on any atom is -0.0411 e. The molecule has 2 saturated carbocycles. The Morgan fingerprint density at radius 3 is 0.526 bits per heavy atom. The molecule has 0 heteroatoms. The number of hydrogen-bond acceptors (Lipinski definition) is 0. The molecule has 116 valence electrons. The zero-order valence-corrected chi connectivity index (χ0v) is 14.4. The third-order valence-electron chi connectivity index (χ3n) is 2.50. The van der Waals surface area contributed by atoms with Crippen LogP contribution in [0.1, 0.15) is 91.9 Å². The number of rotatable bonds is 0. The largest absolute Gasteiger partial charge is 0.106 e. The van der Waals surface area contributed by atoms with Crippen LogP contribution in [0.4, 0.5) is 0 Å². The van der Waals surface area contributed by atoms with Crippen molar-refractivity contribution in [2.45, 2.75) is 91.9 Å². The van der Waals surface area contributed by atoms with Gasteiger partial charge < -0.3 is 0 Å². The molecule has 0 aromatic heterocycles. The molecule has 0 spiro atoms. The van der Waals surface area contributed by atoms with Gasteiger partial charge in [-0.15, -0.1) is 26.3 Å². The molecule has 2 aliphatic carbocycles. The fraction of sp³-hybridized carbons (Fsp3) is 0.789. The van der Waals surface area contributed by atoms with Gasteiger partial charge in [-0.2, -0.15) is 0 Å². The molecule has 0 heterocycles. The fourth-order valence-corrected chi connectivity index (χ4v) is 1.77. The minimum Gasteiger partial charge on any atom is -0.106 e. The van der Waals surface area contributed by atoms with Gasteiger partial charge in [0.2, 0.25) is 0 Å². The Morgan fingerprint density at radius 2 is 0.474 bits per heavy atom. The van der Waals surface area contributed by atoms with Crippen LogP contribution in [-0.4, -0.2) is 0 Å². The Bertz CT molecular complexity index is 99.4. The summed E-state index contributed by atoms with van der Waals surface area (Å²) in [6, 6.07) is 0. The summed E-state index contributed by atoms with van der Waals surface area (Å²) >= 11 is 0. The lowest BCUT2D eigenvalue weighted by molar-refractivity contribution is 0.469. The van der Waals surface area contributed by atoms with Crippen LogP contribution in [0, 0.1) is 5.41 Å². The fourth-order valence-electron chi connectivity index (χ4n) is 1.77. The molecule has 0 radical (unpaired) electrons. The van der Waals surface area contributed by atoms with Gasteiger partial charge in [0.15, 0.2) is 0 Å². The maximum atomic E-state index is 3.00. The highest BCUT2D eigenvalue weighted by atomic mass is 14.0. The van der Waals surface area contributed by atoms with E-state index in [0.717, 1.165) is 0 Å². The Kier molecular flexibility index (Phi) is 24.6. The monoisotopic (exact) mass is 268 g/mol. The molecule has 0 unspecified atom stereocenters. The van der Waals surface area contributed by atoms with Gasteiger partial charge in [-0.1, -0.05) is 91.9 Å². The molecule has 2 aliphatic rings. The second-order valence-corrected chi connectivity index (χ2v) is 6.54. The zero-order valence-electron chi connectivity index (χ0n) is 14.4. The summed E-state index contributed by atoms with van der Waals surface area (Å²) in [5.74, 6) is 0. The van der Waals surface area contributed by atoms with Crippen molar-refractivity contribution < 1.29 is 0 Å². The van der Waals surface area contributed by atoms with Crippen molar-refractivity contribution in [3.05, 3.63) is 26.3 Å². The van der Waals surface area contributed by atoms with E-state index in [1.54, 1.807) is 0 Å². The topological polar surface area (TPSA) is 0 Å². The predicted octanol–water partition coefficient (Wildman–Crippen LogP) is 7.56. The van der Waals surface area contributed by atoms with Crippen molar-refractivity contribution in [2.24, 2.45) is 5.41 Å². The molecule has 2 fully saturated rings. The Hall–Kier alpha value is -0.520. The normalized spacial score (nSPS) is 16.2. The molecule has 0 N–H and O–H groups in total. The summed E-state index contributed by atoms with van der Waals surface area (Å²) < 4.78 is 0. The summed E-state index contributed by atoms with van der Waals surface area (Å²) in [7, 11) is 0. The molecule has 0 nitrogen and oxygen atoms in total. The average Bonchev–Trinajstić information content (AvgIpc) is 3.10. The molecule has 0 aromatic rings. The lowest BCUT2D eigenvalue weighted by atomic mass is 10.0. The Balaban J connectivity index is -0.000000179. The van der Waals surface area contributed by atoms with Crippen LogP contribution in [0.5, 0.6) is 0 Å². The van der Waals surface area contributed by atoms with Gasteiger partial charge in [0.25, 0.3) is 0 Å². The first kappa shape index (κ1) is 23.6. The van der Waals surface area contributed by atoms with Crippen molar-refractivity contribution in [3.63, 3.8) is 0 Å². The van der Waals surface area contributed by atoms with Gasteiger partial charge in [-0.25, -0.2) is 0 Å². The average molecular weight is 269 g/mol. The predicted molar refractivity (Wildman–Crippen MR) is 93.8 cm³/mol. The highest BCUT2D eigenvalue weighted by Crippen LogP contribution is 2.15. The SMILES string of the molecule is C1CCCC1.C1CCCC1.C=C.C=C.CC(C)(C)C. The summed E-state index contributed by atoms with van der Waals surface area (Å²) in [4.78, 5) is 0. The van der Waals surface area contributed by atoms with Crippen molar-refractivity contribution in [1.29, 1.82) is 0 Å². The van der Waals surface area contributed by atoms with Crippen molar-refractivity contribution in [3.8, 4) is 0 Å². The summed E-state index contributed by atoms with van der Waals surface area (Å²) in [5.41, 5.74) is 0.500. The zero-order chi connectivity index (χ0) is 15.6. The van der Waals surface area contributed by atoms with Crippen LogP contribution >= 0.6 is 0 Å². The Labute approximate surface area is 124 Å². The summed E-state index contributed by atoms with van der Waals surface area (Å²) in [5, 5.41) is 0. The smallest absolute Gasteiger partial charge is 0.0411 e. The van der Waals surface area contributed by atoms with Crippen molar-refractivity contribution in [2.75, 3.05) is 0 Å². The third kappa shape index (κ3) is 46.6. The van der Waals surface area contributed by atoms with Crippen molar-refractivity contribution in [1.82, 2.24) is 0 Å².